The number of aromatic nitrogens is 1. The molecule has 1 saturated heterocycles. The van der Waals surface area contributed by atoms with Crippen molar-refractivity contribution in [1.29, 1.82) is 0 Å². The summed E-state index contributed by atoms with van der Waals surface area (Å²) in [7, 11) is 0. The Morgan fingerprint density at radius 3 is 2.04 bits per heavy atom. The van der Waals surface area contributed by atoms with Gasteiger partial charge in [0.2, 0.25) is 0 Å². The van der Waals surface area contributed by atoms with E-state index in [4.69, 9.17) is 0 Å². The summed E-state index contributed by atoms with van der Waals surface area (Å²) in [6.07, 6.45) is 32.1. The topological polar surface area (TPSA) is 11.4 Å². The van der Waals surface area contributed by atoms with Gasteiger partial charge in [-0.2, -0.15) is 0 Å². The fourth-order valence-electron chi connectivity index (χ4n) is 10.1. The molecule has 5 aromatic carbocycles. The Labute approximate surface area is 335 Å². The van der Waals surface area contributed by atoms with E-state index in [-0.39, 0.29) is 0 Å². The van der Waals surface area contributed by atoms with E-state index in [9.17, 15) is 0 Å². The molecule has 0 saturated carbocycles. The van der Waals surface area contributed by atoms with Gasteiger partial charge in [0.1, 0.15) is 0 Å². The van der Waals surface area contributed by atoms with Crippen molar-refractivity contribution >= 4 is 28.4 Å². The van der Waals surface area contributed by atoms with Gasteiger partial charge in [0.15, 0.2) is 0 Å². The second-order valence-corrected chi connectivity index (χ2v) is 15.9. The summed E-state index contributed by atoms with van der Waals surface area (Å²) in [6, 6.07) is 47.7. The van der Waals surface area contributed by atoms with Crippen molar-refractivity contribution in [3.63, 3.8) is 0 Å². The SMILES string of the molecule is C1=CCC(N2C3=CC=C(N(c4ccc(-c5ccccc5)cc4)c4ccc(-c5ccc6c(c5)c5c(n6-c6ccccc6)C=CCC5)cc4)CC3C3C=CC=CC32)C=C1. The number of hydrogen-bond donors (Lipinski definition) is 0. The van der Waals surface area contributed by atoms with Crippen LogP contribution in [0.15, 0.2) is 206 Å². The number of nitrogens with zero attached hydrogens (tertiary/aromatic N) is 3. The van der Waals surface area contributed by atoms with Gasteiger partial charge in [0, 0.05) is 51.4 Å². The molecule has 4 atom stereocenters. The number of benzene rings is 5. The van der Waals surface area contributed by atoms with Crippen LogP contribution >= 0.6 is 0 Å². The van der Waals surface area contributed by atoms with Crippen molar-refractivity contribution in [2.75, 3.05) is 4.90 Å². The van der Waals surface area contributed by atoms with Crippen LogP contribution in [-0.4, -0.2) is 21.6 Å². The molecule has 3 nitrogen and oxygen atoms in total. The maximum Gasteiger partial charge on any atom is 0.0548 e. The van der Waals surface area contributed by atoms with Crippen molar-refractivity contribution < 1.29 is 0 Å². The Hall–Kier alpha value is -6.58. The summed E-state index contributed by atoms with van der Waals surface area (Å²) in [5.74, 6) is 0.860. The van der Waals surface area contributed by atoms with E-state index in [1.165, 1.54) is 72.9 Å². The lowest BCUT2D eigenvalue weighted by Gasteiger charge is -2.36. The first-order valence-corrected chi connectivity index (χ1v) is 20.6. The van der Waals surface area contributed by atoms with Crippen LogP contribution in [0.25, 0.3) is 44.9 Å². The molecule has 5 aliphatic rings. The van der Waals surface area contributed by atoms with Crippen molar-refractivity contribution in [2.45, 2.75) is 37.8 Å². The highest BCUT2D eigenvalue weighted by Crippen LogP contribution is 2.50. The van der Waals surface area contributed by atoms with Gasteiger partial charge in [0.05, 0.1) is 17.6 Å². The van der Waals surface area contributed by atoms with Crippen molar-refractivity contribution in [3.05, 3.63) is 217 Å². The monoisotopic (exact) mass is 735 g/mol. The Morgan fingerprint density at radius 1 is 0.596 bits per heavy atom. The molecule has 57 heavy (non-hydrogen) atoms. The zero-order valence-corrected chi connectivity index (χ0v) is 32.0. The molecule has 2 heterocycles. The molecule has 0 bridgehead atoms. The smallest absolute Gasteiger partial charge is 0.0548 e. The normalized spacial score (nSPS) is 21.6. The summed E-state index contributed by atoms with van der Waals surface area (Å²) >= 11 is 0. The van der Waals surface area contributed by atoms with Gasteiger partial charge in [-0.05, 0) is 120 Å². The molecule has 4 aliphatic carbocycles. The number of anilines is 2. The minimum Gasteiger partial charge on any atom is -0.361 e. The number of aryl methyl sites for hydroxylation is 1. The van der Waals surface area contributed by atoms with Crippen molar-refractivity contribution in [1.82, 2.24) is 9.47 Å². The van der Waals surface area contributed by atoms with E-state index in [2.05, 4.69) is 215 Å². The quantitative estimate of drug-likeness (QED) is 0.162. The largest absolute Gasteiger partial charge is 0.361 e. The average Bonchev–Trinajstić information content (AvgIpc) is 3.80. The van der Waals surface area contributed by atoms with Gasteiger partial charge < -0.3 is 14.4 Å². The summed E-state index contributed by atoms with van der Waals surface area (Å²) in [6.45, 7) is 0. The molecule has 1 aliphatic heterocycles. The highest BCUT2D eigenvalue weighted by molar-refractivity contribution is 5.94. The first-order chi connectivity index (χ1) is 28.3. The third kappa shape index (κ3) is 5.88. The van der Waals surface area contributed by atoms with Crippen molar-refractivity contribution in [2.24, 2.45) is 11.8 Å². The number of allylic oxidation sites excluding steroid dienone is 9. The number of fused-ring (bicyclic) bond motifs is 6. The summed E-state index contributed by atoms with van der Waals surface area (Å²) in [5, 5.41) is 1.35. The lowest BCUT2D eigenvalue weighted by atomic mass is 9.81. The highest BCUT2D eigenvalue weighted by Gasteiger charge is 2.46. The van der Waals surface area contributed by atoms with E-state index < -0.39 is 0 Å². The van der Waals surface area contributed by atoms with E-state index in [1.807, 2.05) is 0 Å². The maximum absolute atomic E-state index is 2.70. The summed E-state index contributed by atoms with van der Waals surface area (Å²) < 4.78 is 2.43. The van der Waals surface area contributed by atoms with Crippen LogP contribution in [0.3, 0.4) is 0 Å². The second kappa shape index (κ2) is 14.2. The fraction of sp³-hybridized carbons (Fsp3) is 0.148. The molecule has 6 aromatic rings. The van der Waals surface area contributed by atoms with E-state index in [0.717, 1.165) is 25.7 Å². The van der Waals surface area contributed by atoms with Crippen LogP contribution in [0.5, 0.6) is 0 Å². The van der Waals surface area contributed by atoms with Gasteiger partial charge in [0.25, 0.3) is 0 Å². The lowest BCUT2D eigenvalue weighted by molar-refractivity contribution is 0.266. The van der Waals surface area contributed by atoms with Gasteiger partial charge in [-0.3, -0.25) is 0 Å². The predicted molar refractivity (Wildman–Crippen MR) is 238 cm³/mol. The maximum atomic E-state index is 2.70. The second-order valence-electron chi connectivity index (χ2n) is 15.9. The Bertz CT molecular complexity index is 2680. The third-order valence-electron chi connectivity index (χ3n) is 12.7. The van der Waals surface area contributed by atoms with Gasteiger partial charge in [-0.15, -0.1) is 0 Å². The molecule has 3 heteroatoms. The minimum absolute atomic E-state index is 0.376. The van der Waals surface area contributed by atoms with Crippen LogP contribution in [0.4, 0.5) is 11.4 Å². The van der Waals surface area contributed by atoms with Crippen LogP contribution in [0.1, 0.15) is 30.5 Å². The molecule has 0 amide bonds. The molecule has 0 radical (unpaired) electrons. The number of hydrogen-bond acceptors (Lipinski definition) is 2. The van der Waals surface area contributed by atoms with Crippen LogP contribution in [0.2, 0.25) is 0 Å². The van der Waals surface area contributed by atoms with E-state index in [0.29, 0.717) is 23.9 Å². The van der Waals surface area contributed by atoms with Gasteiger partial charge in [-0.1, -0.05) is 134 Å². The van der Waals surface area contributed by atoms with Crippen LogP contribution < -0.4 is 4.90 Å². The minimum atomic E-state index is 0.376. The molecule has 0 N–H and O–H groups in total. The zero-order valence-electron chi connectivity index (χ0n) is 32.0. The molecule has 0 spiro atoms. The first kappa shape index (κ1) is 33.7. The Kier molecular flexibility index (Phi) is 8.39. The summed E-state index contributed by atoms with van der Waals surface area (Å²) in [4.78, 5) is 5.20. The van der Waals surface area contributed by atoms with E-state index in [1.54, 1.807) is 0 Å². The lowest BCUT2D eigenvalue weighted by Crippen LogP contribution is -2.38. The number of rotatable bonds is 7. The highest BCUT2D eigenvalue weighted by atomic mass is 15.2. The third-order valence-corrected chi connectivity index (χ3v) is 12.7. The standard InChI is InChI=1S/C54H45N3/c1-4-14-38(15-5-1)39-24-29-44(30-25-39)55(46-33-35-54-50(37-46)48-21-11-13-23-52(48)57(54)43-18-8-3-9-19-43)45-31-26-40(27-32-45)41-28-34-53-49(36-41)47-20-10-12-22-51(47)56(53)42-16-6-2-7-17-42/h1-9,11-18,21-36,43,48,50,52H,10,19-20,37H2. The van der Waals surface area contributed by atoms with Crippen LogP contribution in [-0.2, 0) is 6.42 Å². The zero-order chi connectivity index (χ0) is 37.7. The number of likely N-dealkylation sites (tertiary alicyclic amines) is 1. The summed E-state index contributed by atoms with van der Waals surface area (Å²) in [5.41, 5.74) is 15.3. The molecule has 4 unspecified atom stereocenters. The fourth-order valence-corrected chi connectivity index (χ4v) is 10.1. The first-order valence-electron chi connectivity index (χ1n) is 20.6. The number of para-hydroxylation sites is 1. The van der Waals surface area contributed by atoms with Gasteiger partial charge in [-0.25, -0.2) is 0 Å². The molecular weight excluding hydrogens is 691 g/mol. The molecule has 1 fully saturated rings. The average molecular weight is 736 g/mol. The van der Waals surface area contributed by atoms with E-state index >= 15 is 0 Å². The molecule has 11 rings (SSSR count). The van der Waals surface area contributed by atoms with Crippen LogP contribution in [0, 0.1) is 11.8 Å². The predicted octanol–water partition coefficient (Wildman–Crippen LogP) is 13.2. The molecular formula is C54H45N3. The van der Waals surface area contributed by atoms with Crippen molar-refractivity contribution in [3.8, 4) is 27.9 Å². The molecule has 1 aromatic heterocycles. The Balaban J connectivity index is 0.973. The molecule has 276 valence electrons. The van der Waals surface area contributed by atoms with Gasteiger partial charge >= 0.3 is 0 Å². The Morgan fingerprint density at radius 2 is 1.28 bits per heavy atom.